The van der Waals surface area contributed by atoms with Crippen LogP contribution in [-0.4, -0.2) is 39.3 Å². The fourth-order valence-electron chi connectivity index (χ4n) is 4.19. The summed E-state index contributed by atoms with van der Waals surface area (Å²) in [7, 11) is 0. The lowest BCUT2D eigenvalue weighted by atomic mass is 9.95. The Morgan fingerprint density at radius 3 is 2.39 bits per heavy atom. The number of benzene rings is 2. The van der Waals surface area contributed by atoms with Gasteiger partial charge in [-0.3, -0.25) is 14.6 Å². The van der Waals surface area contributed by atoms with Crippen LogP contribution in [-0.2, 0) is 20.9 Å². The number of carbonyl (C=O) groups excluding carboxylic acids is 3. The molecule has 1 N–H and O–H groups in total. The molecule has 2 heterocycles. The van der Waals surface area contributed by atoms with E-state index in [1.54, 1.807) is 60.9 Å². The molecule has 0 bridgehead atoms. The molecule has 1 aromatic heterocycles. The summed E-state index contributed by atoms with van der Waals surface area (Å²) in [5.41, 5.74) is 4.26. The lowest BCUT2D eigenvalue weighted by Crippen LogP contribution is -2.29. The Balaban J connectivity index is 1.72. The van der Waals surface area contributed by atoms with Crippen molar-refractivity contribution < 1.29 is 24.2 Å². The SMILES string of the molecule is CCCOC(=O)c1ccc(CN2C(=O)C(=O)/C(=C(\O)c3ccc(C)c(C)c3)C2c2cccnc2)cc1. The number of aliphatic hydroxyl groups is 1. The van der Waals surface area contributed by atoms with Crippen molar-refractivity contribution in [3.63, 3.8) is 0 Å². The van der Waals surface area contributed by atoms with Gasteiger partial charge in [0, 0.05) is 24.5 Å². The fourth-order valence-corrected chi connectivity index (χ4v) is 4.19. The molecule has 1 fully saturated rings. The molecule has 7 heteroatoms. The van der Waals surface area contributed by atoms with E-state index in [2.05, 4.69) is 4.98 Å². The fraction of sp³-hybridized carbons (Fsp3) is 0.241. The Hall–Kier alpha value is -4.26. The van der Waals surface area contributed by atoms with E-state index in [4.69, 9.17) is 4.74 Å². The van der Waals surface area contributed by atoms with Crippen molar-refractivity contribution in [1.82, 2.24) is 9.88 Å². The second-order valence-corrected chi connectivity index (χ2v) is 8.85. The summed E-state index contributed by atoms with van der Waals surface area (Å²) in [4.78, 5) is 44.1. The first-order valence-corrected chi connectivity index (χ1v) is 11.8. The number of pyridine rings is 1. The molecule has 1 amide bonds. The quantitative estimate of drug-likeness (QED) is 0.222. The van der Waals surface area contributed by atoms with Gasteiger partial charge < -0.3 is 14.7 Å². The molecule has 1 unspecified atom stereocenters. The molecule has 184 valence electrons. The van der Waals surface area contributed by atoms with Crippen molar-refractivity contribution in [3.05, 3.63) is 106 Å². The van der Waals surface area contributed by atoms with E-state index in [0.717, 1.165) is 23.1 Å². The molecule has 1 aliphatic heterocycles. The van der Waals surface area contributed by atoms with Crippen LogP contribution in [0.1, 0.15) is 57.6 Å². The van der Waals surface area contributed by atoms with Crippen LogP contribution in [0.25, 0.3) is 5.76 Å². The van der Waals surface area contributed by atoms with Crippen molar-refractivity contribution >= 4 is 23.4 Å². The third kappa shape index (κ3) is 4.91. The van der Waals surface area contributed by atoms with E-state index in [1.807, 2.05) is 26.8 Å². The molecule has 0 aliphatic carbocycles. The van der Waals surface area contributed by atoms with Crippen LogP contribution in [0.3, 0.4) is 0 Å². The minimum atomic E-state index is -0.811. The Bertz CT molecular complexity index is 1330. The number of ether oxygens (including phenoxy) is 1. The molecule has 4 rings (SSSR count). The number of hydrogen-bond acceptors (Lipinski definition) is 6. The molecule has 36 heavy (non-hydrogen) atoms. The average Bonchev–Trinajstić information content (AvgIpc) is 3.14. The highest BCUT2D eigenvalue weighted by atomic mass is 16.5. The smallest absolute Gasteiger partial charge is 0.338 e. The largest absolute Gasteiger partial charge is 0.507 e. The van der Waals surface area contributed by atoms with Gasteiger partial charge in [-0.2, -0.15) is 0 Å². The molecule has 1 atom stereocenters. The Kier molecular flexibility index (Phi) is 7.29. The van der Waals surface area contributed by atoms with Crippen LogP contribution in [0.5, 0.6) is 0 Å². The first-order valence-electron chi connectivity index (χ1n) is 11.8. The van der Waals surface area contributed by atoms with Gasteiger partial charge in [0.1, 0.15) is 5.76 Å². The number of esters is 1. The summed E-state index contributed by atoms with van der Waals surface area (Å²) < 4.78 is 5.17. The van der Waals surface area contributed by atoms with Crippen molar-refractivity contribution in [2.75, 3.05) is 6.61 Å². The summed E-state index contributed by atoms with van der Waals surface area (Å²) in [5, 5.41) is 11.2. The predicted octanol–water partition coefficient (Wildman–Crippen LogP) is 4.89. The molecule has 7 nitrogen and oxygen atoms in total. The summed E-state index contributed by atoms with van der Waals surface area (Å²) >= 11 is 0. The highest BCUT2D eigenvalue weighted by molar-refractivity contribution is 6.46. The number of amides is 1. The van der Waals surface area contributed by atoms with Gasteiger partial charge in [-0.25, -0.2) is 4.79 Å². The third-order valence-electron chi connectivity index (χ3n) is 6.30. The average molecular weight is 485 g/mol. The second-order valence-electron chi connectivity index (χ2n) is 8.85. The minimum Gasteiger partial charge on any atom is -0.507 e. The number of rotatable bonds is 7. The zero-order valence-corrected chi connectivity index (χ0v) is 20.5. The van der Waals surface area contributed by atoms with Gasteiger partial charge in [0.25, 0.3) is 11.7 Å². The van der Waals surface area contributed by atoms with Crippen molar-refractivity contribution in [2.45, 2.75) is 39.8 Å². The minimum absolute atomic E-state index is 0.0241. The summed E-state index contributed by atoms with van der Waals surface area (Å²) in [6.07, 6.45) is 3.93. The summed E-state index contributed by atoms with van der Waals surface area (Å²) in [5.74, 6) is -2.09. The van der Waals surface area contributed by atoms with E-state index < -0.39 is 23.7 Å². The molecule has 1 saturated heterocycles. The molecular formula is C29H28N2O5. The van der Waals surface area contributed by atoms with Crippen LogP contribution in [0.2, 0.25) is 0 Å². The van der Waals surface area contributed by atoms with Crippen molar-refractivity contribution in [1.29, 1.82) is 0 Å². The molecule has 1 aliphatic rings. The topological polar surface area (TPSA) is 96.8 Å². The first-order chi connectivity index (χ1) is 17.3. The lowest BCUT2D eigenvalue weighted by molar-refractivity contribution is -0.140. The van der Waals surface area contributed by atoms with Gasteiger partial charge in [0.05, 0.1) is 23.8 Å². The second kappa shape index (κ2) is 10.6. The Morgan fingerprint density at radius 1 is 1.03 bits per heavy atom. The zero-order valence-electron chi connectivity index (χ0n) is 20.5. The van der Waals surface area contributed by atoms with Crippen molar-refractivity contribution in [3.8, 4) is 0 Å². The summed E-state index contributed by atoms with van der Waals surface area (Å²) in [6.45, 7) is 6.26. The highest BCUT2D eigenvalue weighted by Crippen LogP contribution is 2.40. The molecule has 3 aromatic rings. The standard InChI is InChI=1S/C29H28N2O5/c1-4-14-36-29(35)21-11-8-20(9-12-21)17-31-25(23-6-5-13-30-16-23)24(27(33)28(31)34)26(32)22-10-7-18(2)19(3)15-22/h5-13,15-16,25,32H,4,14,17H2,1-3H3/b26-24-. The van der Waals surface area contributed by atoms with Crippen LogP contribution < -0.4 is 0 Å². The monoisotopic (exact) mass is 484 g/mol. The number of carbonyl (C=O) groups is 3. The van der Waals surface area contributed by atoms with Gasteiger partial charge in [0.15, 0.2) is 0 Å². The van der Waals surface area contributed by atoms with Gasteiger partial charge >= 0.3 is 5.97 Å². The van der Waals surface area contributed by atoms with Crippen molar-refractivity contribution in [2.24, 2.45) is 0 Å². The predicted molar refractivity (Wildman–Crippen MR) is 135 cm³/mol. The van der Waals surface area contributed by atoms with Gasteiger partial charge in [-0.05, 0) is 66.8 Å². The number of nitrogens with zero attached hydrogens (tertiary/aromatic N) is 2. The van der Waals surface area contributed by atoms with E-state index in [1.165, 1.54) is 4.90 Å². The molecule has 0 radical (unpaired) electrons. The number of likely N-dealkylation sites (tertiary alicyclic amines) is 1. The number of hydrogen-bond donors (Lipinski definition) is 1. The molecular weight excluding hydrogens is 456 g/mol. The molecule has 0 saturated carbocycles. The highest BCUT2D eigenvalue weighted by Gasteiger charge is 2.46. The first kappa shape index (κ1) is 24.9. The van der Waals surface area contributed by atoms with E-state index >= 15 is 0 Å². The zero-order chi connectivity index (χ0) is 25.8. The lowest BCUT2D eigenvalue weighted by Gasteiger charge is -2.25. The number of aliphatic hydroxyl groups excluding tert-OH is 1. The van der Waals surface area contributed by atoms with Gasteiger partial charge in [0.2, 0.25) is 0 Å². The molecule has 0 spiro atoms. The molecule has 2 aromatic carbocycles. The van der Waals surface area contributed by atoms with Crippen LogP contribution in [0, 0.1) is 13.8 Å². The Morgan fingerprint density at radius 2 is 1.75 bits per heavy atom. The number of ketones is 1. The van der Waals surface area contributed by atoms with Crippen LogP contribution >= 0.6 is 0 Å². The van der Waals surface area contributed by atoms with E-state index in [0.29, 0.717) is 23.3 Å². The maximum Gasteiger partial charge on any atom is 0.338 e. The maximum absolute atomic E-state index is 13.2. The van der Waals surface area contributed by atoms with Crippen LogP contribution in [0.4, 0.5) is 0 Å². The number of aromatic nitrogens is 1. The summed E-state index contributed by atoms with van der Waals surface area (Å²) in [6, 6.07) is 14.8. The normalized spacial score (nSPS) is 16.9. The number of Topliss-reactive ketones (excluding diaryl/α,β-unsaturated/α-hetero) is 1. The van der Waals surface area contributed by atoms with E-state index in [9.17, 15) is 19.5 Å². The third-order valence-corrected chi connectivity index (χ3v) is 6.30. The van der Waals surface area contributed by atoms with E-state index in [-0.39, 0.29) is 17.9 Å². The number of aryl methyl sites for hydroxylation is 2. The maximum atomic E-state index is 13.2. The van der Waals surface area contributed by atoms with Gasteiger partial charge in [-0.15, -0.1) is 0 Å². The Labute approximate surface area is 210 Å². The van der Waals surface area contributed by atoms with Gasteiger partial charge in [-0.1, -0.05) is 37.3 Å². The van der Waals surface area contributed by atoms with Crippen LogP contribution in [0.15, 0.2) is 72.6 Å².